The fraction of sp³-hybridized carbons (Fsp3) is 0.231. The Bertz CT molecular complexity index is 2500. The highest BCUT2D eigenvalue weighted by Gasteiger charge is 2.46. The van der Waals surface area contributed by atoms with Gasteiger partial charge < -0.3 is 14.8 Å². The van der Waals surface area contributed by atoms with E-state index in [1.54, 1.807) is 63.8 Å². The van der Waals surface area contributed by atoms with E-state index in [9.17, 15) is 14.0 Å². The van der Waals surface area contributed by atoms with Crippen LogP contribution in [-0.2, 0) is 13.1 Å². The van der Waals surface area contributed by atoms with Crippen molar-refractivity contribution < 1.29 is 22.8 Å². The minimum Gasteiger partial charge on any atom is -0.332 e. The molecule has 1 unspecified atom stereocenters. The van der Waals surface area contributed by atoms with Gasteiger partial charge in [-0.05, 0) is 56.7 Å². The number of amides is 2. The fourth-order valence-corrected chi connectivity index (χ4v) is 7.00. The first-order valence-electron chi connectivity index (χ1n) is 17.2. The van der Waals surface area contributed by atoms with Gasteiger partial charge in [-0.3, -0.25) is 14.3 Å². The van der Waals surface area contributed by atoms with Crippen LogP contribution < -0.4 is 5.32 Å². The van der Waals surface area contributed by atoms with Gasteiger partial charge in [-0.15, -0.1) is 5.10 Å². The number of para-hydroxylation sites is 1. The van der Waals surface area contributed by atoms with E-state index in [1.165, 1.54) is 21.8 Å². The second kappa shape index (κ2) is 13.3. The van der Waals surface area contributed by atoms with E-state index in [-0.39, 0.29) is 37.7 Å². The van der Waals surface area contributed by atoms with Crippen molar-refractivity contribution in [3.63, 3.8) is 0 Å². The lowest BCUT2D eigenvalue weighted by molar-refractivity contribution is -0.108. The molecule has 4 aromatic heterocycles. The topological polar surface area (TPSA) is 115 Å². The van der Waals surface area contributed by atoms with Crippen LogP contribution in [0.15, 0.2) is 97.3 Å². The van der Waals surface area contributed by atoms with Crippen LogP contribution in [-0.4, -0.2) is 69.9 Å². The summed E-state index contributed by atoms with van der Waals surface area (Å²) in [6, 6.07) is 24.2. The molecule has 1 saturated heterocycles. The Kier molecular flexibility index (Phi) is 8.51. The summed E-state index contributed by atoms with van der Waals surface area (Å²) in [5, 5.41) is 16.2. The Balaban J connectivity index is 0.927. The molecular weight excluding hydrogens is 683 g/mol. The zero-order chi connectivity index (χ0) is 36.9. The van der Waals surface area contributed by atoms with E-state index >= 15 is 8.78 Å². The number of nitrogens with one attached hydrogen (secondary N) is 1. The Morgan fingerprint density at radius 1 is 0.981 bits per heavy atom. The Hall–Kier alpha value is -6.31. The second-order valence-electron chi connectivity index (χ2n) is 13.4. The van der Waals surface area contributed by atoms with Gasteiger partial charge >= 0.3 is 0 Å². The number of halogens is 3. The maximum Gasteiger partial charge on any atom is 0.270 e. The smallest absolute Gasteiger partial charge is 0.270 e. The molecule has 0 bridgehead atoms. The van der Waals surface area contributed by atoms with Gasteiger partial charge in [0.1, 0.15) is 22.8 Å². The average Bonchev–Trinajstić information content (AvgIpc) is 3.88. The van der Waals surface area contributed by atoms with Crippen LogP contribution in [0, 0.1) is 25.6 Å². The molecule has 1 atom stereocenters. The highest BCUT2D eigenvalue weighted by atomic mass is 19.3. The van der Waals surface area contributed by atoms with Gasteiger partial charge in [-0.2, -0.15) is 5.10 Å². The number of hydrogen-bond acceptors (Lipinski definition) is 6. The van der Waals surface area contributed by atoms with Gasteiger partial charge in [0.2, 0.25) is 0 Å². The highest BCUT2D eigenvalue weighted by Crippen LogP contribution is 2.35. The summed E-state index contributed by atoms with van der Waals surface area (Å²) in [5.41, 5.74) is 5.52. The van der Waals surface area contributed by atoms with Crippen molar-refractivity contribution >= 4 is 34.1 Å². The molecule has 1 N–H and O–H groups in total. The van der Waals surface area contributed by atoms with Crippen LogP contribution in [0.3, 0.4) is 0 Å². The Morgan fingerprint density at radius 2 is 1.75 bits per heavy atom. The number of nitrogens with zero attached hydrogens (tertiary/aromatic N) is 8. The quantitative estimate of drug-likeness (QED) is 0.185. The summed E-state index contributed by atoms with van der Waals surface area (Å²) < 4.78 is 50.8. The number of alkyl halides is 2. The SMILES string of the molecule is Cc1cc(C)n2ncc(C(=O)Nc3ccc(-c4cn(CC5CCN(C(=O)c6cc7ccccc7n6Cc6ccccc6F)CC5(F)F)nn4)cc3)c2n1. The molecule has 0 saturated carbocycles. The minimum atomic E-state index is -3.20. The fourth-order valence-electron chi connectivity index (χ4n) is 7.00. The maximum absolute atomic E-state index is 15.7. The molecule has 11 nitrogen and oxygen atoms in total. The van der Waals surface area contributed by atoms with Crippen LogP contribution in [0.25, 0.3) is 27.8 Å². The highest BCUT2D eigenvalue weighted by molar-refractivity contribution is 6.08. The van der Waals surface area contributed by atoms with Crippen LogP contribution in [0.1, 0.15) is 44.2 Å². The molecule has 1 aliphatic rings. The molecule has 14 heteroatoms. The van der Waals surface area contributed by atoms with Crippen molar-refractivity contribution in [1.29, 1.82) is 0 Å². The summed E-state index contributed by atoms with van der Waals surface area (Å²) in [6.07, 6.45) is 3.15. The summed E-state index contributed by atoms with van der Waals surface area (Å²) in [4.78, 5) is 32.5. The van der Waals surface area contributed by atoms with E-state index in [1.807, 2.05) is 44.2 Å². The number of benzene rings is 3. The van der Waals surface area contributed by atoms with Crippen molar-refractivity contribution in [3.8, 4) is 11.3 Å². The average molecular weight is 718 g/mol. The number of fused-ring (bicyclic) bond motifs is 2. The number of hydrogen-bond donors (Lipinski definition) is 1. The molecule has 1 fully saturated rings. The zero-order valence-electron chi connectivity index (χ0n) is 28.9. The summed E-state index contributed by atoms with van der Waals surface area (Å²) in [7, 11) is 0. The second-order valence-corrected chi connectivity index (χ2v) is 13.4. The van der Waals surface area contributed by atoms with Crippen molar-refractivity contribution in [1.82, 2.24) is 39.1 Å². The van der Waals surface area contributed by atoms with Gasteiger partial charge in [0, 0.05) is 51.6 Å². The predicted octanol–water partition coefficient (Wildman–Crippen LogP) is 6.80. The lowest BCUT2D eigenvalue weighted by Gasteiger charge is -2.38. The van der Waals surface area contributed by atoms with Gasteiger partial charge in [0.05, 0.1) is 32.0 Å². The standard InChI is InChI=1S/C39H34F3N9O2/c1-24-17-25(2)51-36(44-24)31(19-43-51)37(52)45-30-13-11-26(12-14-30)33-22-49(47-46-33)21-29-15-16-48(23-39(29,41)42)38(53)35-18-27-7-4-6-10-34(27)50(35)20-28-8-3-5-9-32(28)40/h3-14,17-19,22,29H,15-16,20-21,23H2,1-2H3,(H,45,52). The number of piperidine rings is 1. The van der Waals surface area contributed by atoms with E-state index < -0.39 is 30.1 Å². The van der Waals surface area contributed by atoms with Gasteiger partial charge in [0.25, 0.3) is 17.7 Å². The first kappa shape index (κ1) is 33.8. The number of carbonyl (C=O) groups excluding carboxylic acids is 2. The zero-order valence-corrected chi connectivity index (χ0v) is 28.9. The number of rotatable bonds is 8. The lowest BCUT2D eigenvalue weighted by atomic mass is 9.92. The van der Waals surface area contributed by atoms with Crippen LogP contribution in [0.2, 0.25) is 0 Å². The summed E-state index contributed by atoms with van der Waals surface area (Å²) in [6.45, 7) is 3.12. The maximum atomic E-state index is 15.7. The van der Waals surface area contributed by atoms with Crippen LogP contribution >= 0.6 is 0 Å². The van der Waals surface area contributed by atoms with Crippen molar-refractivity contribution in [2.45, 2.75) is 39.3 Å². The predicted molar refractivity (Wildman–Crippen MR) is 192 cm³/mol. The summed E-state index contributed by atoms with van der Waals surface area (Å²) in [5.74, 6) is -5.56. The molecule has 0 aliphatic carbocycles. The van der Waals surface area contributed by atoms with Crippen molar-refractivity contribution in [2.75, 3.05) is 18.4 Å². The minimum absolute atomic E-state index is 0.0528. The first-order valence-corrected chi connectivity index (χ1v) is 17.2. The summed E-state index contributed by atoms with van der Waals surface area (Å²) >= 11 is 0. The molecule has 0 radical (unpaired) electrons. The van der Waals surface area contributed by atoms with E-state index in [2.05, 4.69) is 25.7 Å². The largest absolute Gasteiger partial charge is 0.332 e. The first-order chi connectivity index (χ1) is 25.5. The van der Waals surface area contributed by atoms with Crippen molar-refractivity contribution in [2.24, 2.45) is 5.92 Å². The van der Waals surface area contributed by atoms with Crippen LogP contribution in [0.5, 0.6) is 0 Å². The third kappa shape index (κ3) is 6.52. The molecule has 5 heterocycles. The lowest BCUT2D eigenvalue weighted by Crippen LogP contribution is -2.52. The third-order valence-corrected chi connectivity index (χ3v) is 9.76. The molecule has 7 aromatic rings. The van der Waals surface area contributed by atoms with E-state index in [4.69, 9.17) is 0 Å². The Morgan fingerprint density at radius 3 is 2.55 bits per heavy atom. The Labute approximate surface area is 301 Å². The molecule has 3 aromatic carbocycles. The molecule has 0 spiro atoms. The van der Waals surface area contributed by atoms with Crippen molar-refractivity contribution in [3.05, 3.63) is 131 Å². The molecule has 1 aliphatic heterocycles. The van der Waals surface area contributed by atoms with Gasteiger partial charge in [-0.25, -0.2) is 22.7 Å². The van der Waals surface area contributed by atoms with Gasteiger partial charge in [0.15, 0.2) is 5.65 Å². The number of aryl methyl sites for hydroxylation is 2. The van der Waals surface area contributed by atoms with E-state index in [0.717, 1.165) is 16.8 Å². The molecule has 268 valence electrons. The van der Waals surface area contributed by atoms with E-state index in [0.29, 0.717) is 39.2 Å². The normalized spacial score (nSPS) is 15.6. The number of carbonyl (C=O) groups is 2. The van der Waals surface area contributed by atoms with Crippen LogP contribution in [0.4, 0.5) is 18.9 Å². The molecule has 53 heavy (non-hydrogen) atoms. The number of likely N-dealkylation sites (tertiary alicyclic amines) is 1. The number of anilines is 1. The molecule has 2 amide bonds. The monoisotopic (exact) mass is 717 g/mol. The van der Waals surface area contributed by atoms with Gasteiger partial charge in [-0.1, -0.05) is 53.7 Å². The molecular formula is C39H34F3N9O2. The molecule has 8 rings (SSSR count). The number of aromatic nitrogens is 7. The third-order valence-electron chi connectivity index (χ3n) is 9.76.